The van der Waals surface area contributed by atoms with Gasteiger partial charge < -0.3 is 5.32 Å². The lowest BCUT2D eigenvalue weighted by Crippen LogP contribution is -2.14. The molecular weight excluding hydrogens is 310 g/mol. The fourth-order valence-electron chi connectivity index (χ4n) is 2.71. The van der Waals surface area contributed by atoms with E-state index >= 15 is 0 Å². The van der Waals surface area contributed by atoms with Gasteiger partial charge in [-0.3, -0.25) is 4.79 Å². The number of carbonyl (C=O) groups is 1. The van der Waals surface area contributed by atoms with Crippen LogP contribution in [0.4, 0.5) is 5.69 Å². The van der Waals surface area contributed by atoms with E-state index < -0.39 is 0 Å². The Morgan fingerprint density at radius 3 is 2.24 bits per heavy atom. The SMILES string of the molecule is Cc1c(C(=O)Nc2ccc(C(C)(C)C)cc2)cnn1-c1ccccc1. The van der Waals surface area contributed by atoms with Crippen molar-refractivity contribution in [2.45, 2.75) is 33.1 Å². The van der Waals surface area contributed by atoms with Gasteiger partial charge in [-0.25, -0.2) is 4.68 Å². The number of nitrogens with zero attached hydrogens (tertiary/aromatic N) is 2. The maximum Gasteiger partial charge on any atom is 0.259 e. The molecule has 0 bridgehead atoms. The van der Waals surface area contributed by atoms with Gasteiger partial charge in [0.05, 0.1) is 23.1 Å². The number of amides is 1. The van der Waals surface area contributed by atoms with Crippen molar-refractivity contribution in [1.29, 1.82) is 0 Å². The molecule has 1 amide bonds. The van der Waals surface area contributed by atoms with Crippen molar-refractivity contribution in [3.05, 3.63) is 77.6 Å². The first-order valence-electron chi connectivity index (χ1n) is 8.38. The van der Waals surface area contributed by atoms with E-state index in [1.54, 1.807) is 10.9 Å². The third kappa shape index (κ3) is 3.63. The fourth-order valence-corrected chi connectivity index (χ4v) is 2.71. The first-order chi connectivity index (χ1) is 11.9. The van der Waals surface area contributed by atoms with E-state index in [9.17, 15) is 4.79 Å². The summed E-state index contributed by atoms with van der Waals surface area (Å²) in [6, 6.07) is 17.8. The van der Waals surface area contributed by atoms with Gasteiger partial charge in [-0.2, -0.15) is 5.10 Å². The lowest BCUT2D eigenvalue weighted by Gasteiger charge is -2.19. The molecule has 0 aliphatic rings. The first-order valence-corrected chi connectivity index (χ1v) is 8.38. The average Bonchev–Trinajstić information content (AvgIpc) is 2.97. The van der Waals surface area contributed by atoms with Crippen LogP contribution in [0, 0.1) is 6.92 Å². The maximum absolute atomic E-state index is 12.6. The van der Waals surface area contributed by atoms with Gasteiger partial charge in [0.1, 0.15) is 0 Å². The Morgan fingerprint density at radius 2 is 1.64 bits per heavy atom. The van der Waals surface area contributed by atoms with E-state index in [2.05, 4.69) is 43.3 Å². The highest BCUT2D eigenvalue weighted by atomic mass is 16.1. The minimum absolute atomic E-state index is 0.0932. The molecule has 4 heteroatoms. The molecule has 4 nitrogen and oxygen atoms in total. The van der Waals surface area contributed by atoms with E-state index in [1.807, 2.05) is 49.4 Å². The average molecular weight is 333 g/mol. The van der Waals surface area contributed by atoms with Crippen molar-refractivity contribution in [2.24, 2.45) is 0 Å². The van der Waals surface area contributed by atoms with Gasteiger partial charge in [0.2, 0.25) is 0 Å². The maximum atomic E-state index is 12.6. The molecule has 0 aliphatic carbocycles. The summed E-state index contributed by atoms with van der Waals surface area (Å²) in [5.74, 6) is -0.150. The highest BCUT2D eigenvalue weighted by Gasteiger charge is 2.16. The second kappa shape index (κ2) is 6.55. The predicted molar refractivity (Wildman–Crippen MR) is 101 cm³/mol. The van der Waals surface area contributed by atoms with Crippen LogP contribution in [0.25, 0.3) is 5.69 Å². The van der Waals surface area contributed by atoms with Crippen LogP contribution in [-0.2, 0) is 5.41 Å². The second-order valence-corrected chi connectivity index (χ2v) is 7.17. The van der Waals surface area contributed by atoms with Crippen LogP contribution in [0.3, 0.4) is 0 Å². The number of carbonyl (C=O) groups excluding carboxylic acids is 1. The highest BCUT2D eigenvalue weighted by molar-refractivity contribution is 6.05. The zero-order valence-electron chi connectivity index (χ0n) is 15.1. The van der Waals surface area contributed by atoms with Gasteiger partial charge in [0, 0.05) is 5.69 Å². The number of hydrogen-bond donors (Lipinski definition) is 1. The molecule has 0 saturated heterocycles. The molecule has 1 heterocycles. The molecule has 3 aromatic rings. The third-order valence-electron chi connectivity index (χ3n) is 4.26. The van der Waals surface area contributed by atoms with Crippen LogP contribution in [0.15, 0.2) is 60.8 Å². The number of rotatable bonds is 3. The molecule has 0 spiro atoms. The Labute approximate surface area is 148 Å². The number of aromatic nitrogens is 2. The number of hydrogen-bond acceptors (Lipinski definition) is 2. The van der Waals surface area contributed by atoms with Crippen molar-refractivity contribution in [3.8, 4) is 5.69 Å². The Bertz CT molecular complexity index is 872. The Hall–Kier alpha value is -2.88. The largest absolute Gasteiger partial charge is 0.322 e. The van der Waals surface area contributed by atoms with Crippen LogP contribution < -0.4 is 5.32 Å². The number of anilines is 1. The summed E-state index contributed by atoms with van der Waals surface area (Å²) in [7, 11) is 0. The van der Waals surface area contributed by atoms with Crippen molar-refractivity contribution < 1.29 is 4.79 Å². The van der Waals surface area contributed by atoms with Crippen LogP contribution in [0.1, 0.15) is 42.4 Å². The van der Waals surface area contributed by atoms with E-state index in [0.717, 1.165) is 17.1 Å². The number of nitrogens with one attached hydrogen (secondary N) is 1. The molecule has 0 saturated carbocycles. The number of benzene rings is 2. The molecule has 25 heavy (non-hydrogen) atoms. The van der Waals surface area contributed by atoms with Crippen LogP contribution in [0.2, 0.25) is 0 Å². The summed E-state index contributed by atoms with van der Waals surface area (Å²) < 4.78 is 1.78. The Balaban J connectivity index is 1.79. The summed E-state index contributed by atoms with van der Waals surface area (Å²) in [6.45, 7) is 8.41. The summed E-state index contributed by atoms with van der Waals surface area (Å²) in [4.78, 5) is 12.6. The summed E-state index contributed by atoms with van der Waals surface area (Å²) in [6.07, 6.45) is 1.61. The normalized spacial score (nSPS) is 11.4. The molecule has 0 fully saturated rings. The predicted octanol–water partition coefficient (Wildman–Crippen LogP) is 4.73. The molecule has 0 radical (unpaired) electrons. The standard InChI is InChI=1S/C21H23N3O/c1-15-19(14-22-24(15)18-8-6-5-7-9-18)20(25)23-17-12-10-16(11-13-17)21(2,3)4/h5-14H,1-4H3,(H,23,25). The molecule has 2 aromatic carbocycles. The van der Waals surface area contributed by atoms with Gasteiger partial charge in [-0.15, -0.1) is 0 Å². The minimum atomic E-state index is -0.150. The topological polar surface area (TPSA) is 46.9 Å². The molecule has 3 rings (SSSR count). The van der Waals surface area contributed by atoms with E-state index in [1.165, 1.54) is 5.56 Å². The van der Waals surface area contributed by atoms with Crippen molar-refractivity contribution in [1.82, 2.24) is 9.78 Å². The summed E-state index contributed by atoms with van der Waals surface area (Å²) in [5, 5.41) is 7.30. The second-order valence-electron chi connectivity index (χ2n) is 7.17. The summed E-state index contributed by atoms with van der Waals surface area (Å²) in [5.41, 5.74) is 4.44. The lowest BCUT2D eigenvalue weighted by molar-refractivity contribution is 0.102. The summed E-state index contributed by atoms with van der Waals surface area (Å²) >= 11 is 0. The van der Waals surface area contributed by atoms with Gasteiger partial charge in [-0.05, 0) is 42.2 Å². The molecule has 0 aliphatic heterocycles. The highest BCUT2D eigenvalue weighted by Crippen LogP contribution is 2.24. The zero-order chi connectivity index (χ0) is 18.0. The van der Waals surface area contributed by atoms with Crippen molar-refractivity contribution in [3.63, 3.8) is 0 Å². The third-order valence-corrected chi connectivity index (χ3v) is 4.26. The molecule has 1 N–H and O–H groups in total. The lowest BCUT2D eigenvalue weighted by atomic mass is 9.87. The van der Waals surface area contributed by atoms with Gasteiger partial charge in [0.15, 0.2) is 0 Å². The zero-order valence-corrected chi connectivity index (χ0v) is 15.1. The van der Waals surface area contributed by atoms with Crippen LogP contribution >= 0.6 is 0 Å². The molecule has 128 valence electrons. The van der Waals surface area contributed by atoms with E-state index in [4.69, 9.17) is 0 Å². The smallest absolute Gasteiger partial charge is 0.259 e. The van der Waals surface area contributed by atoms with Crippen molar-refractivity contribution in [2.75, 3.05) is 5.32 Å². The Morgan fingerprint density at radius 1 is 1.00 bits per heavy atom. The van der Waals surface area contributed by atoms with Gasteiger partial charge in [0.25, 0.3) is 5.91 Å². The molecule has 0 unspecified atom stereocenters. The van der Waals surface area contributed by atoms with Gasteiger partial charge in [-0.1, -0.05) is 51.1 Å². The minimum Gasteiger partial charge on any atom is -0.322 e. The van der Waals surface area contributed by atoms with Crippen LogP contribution in [0.5, 0.6) is 0 Å². The van der Waals surface area contributed by atoms with Crippen molar-refractivity contribution >= 4 is 11.6 Å². The molecule has 1 aromatic heterocycles. The van der Waals surface area contributed by atoms with E-state index in [0.29, 0.717) is 5.56 Å². The molecular formula is C21H23N3O. The van der Waals surface area contributed by atoms with E-state index in [-0.39, 0.29) is 11.3 Å². The van der Waals surface area contributed by atoms with Crippen LogP contribution in [-0.4, -0.2) is 15.7 Å². The Kier molecular flexibility index (Phi) is 4.45. The number of para-hydroxylation sites is 1. The fraction of sp³-hybridized carbons (Fsp3) is 0.238. The monoisotopic (exact) mass is 333 g/mol. The quantitative estimate of drug-likeness (QED) is 0.753. The molecule has 0 atom stereocenters. The van der Waals surface area contributed by atoms with Gasteiger partial charge >= 0.3 is 0 Å². The first kappa shape index (κ1) is 17.0.